The van der Waals surface area contributed by atoms with Crippen molar-refractivity contribution in [1.29, 1.82) is 0 Å². The molecule has 0 spiro atoms. The highest BCUT2D eigenvalue weighted by molar-refractivity contribution is 7.25. The maximum absolute atomic E-state index is 6.64. The number of fused-ring (bicyclic) bond motifs is 7. The van der Waals surface area contributed by atoms with Crippen molar-refractivity contribution in [2.45, 2.75) is 26.2 Å². The molecule has 5 aromatic carbocycles. The van der Waals surface area contributed by atoms with Crippen molar-refractivity contribution in [2.75, 3.05) is 16.5 Å². The number of hydrogen-bond donors (Lipinski definition) is 0. The molecular weight excluding hydrogens is 659 g/mol. The zero-order chi connectivity index (χ0) is 35.0. The van der Waals surface area contributed by atoms with Crippen LogP contribution in [0.3, 0.4) is 0 Å². The van der Waals surface area contributed by atoms with Crippen LogP contribution in [0.15, 0.2) is 146 Å². The van der Waals surface area contributed by atoms with Gasteiger partial charge in [-0.15, -0.1) is 11.3 Å². The van der Waals surface area contributed by atoms with E-state index in [1.54, 1.807) is 0 Å². The van der Waals surface area contributed by atoms with Crippen LogP contribution >= 0.6 is 11.3 Å². The number of anilines is 4. The monoisotopic (exact) mass is 693 g/mol. The molecule has 0 atom stereocenters. The summed E-state index contributed by atoms with van der Waals surface area (Å²) in [6, 6.07) is 47.1. The number of ether oxygens (including phenoxy) is 1. The average Bonchev–Trinajstić information content (AvgIpc) is 3.84. The van der Waals surface area contributed by atoms with Gasteiger partial charge in [0, 0.05) is 66.8 Å². The second-order valence-electron chi connectivity index (χ2n) is 14.4. The molecule has 0 saturated heterocycles. The van der Waals surface area contributed by atoms with Gasteiger partial charge in [-0.2, -0.15) is 0 Å². The minimum Gasteiger partial charge on any atom is -0.457 e. The Kier molecular flexibility index (Phi) is 6.88. The van der Waals surface area contributed by atoms with Gasteiger partial charge < -0.3 is 14.5 Å². The summed E-state index contributed by atoms with van der Waals surface area (Å²) in [6.07, 6.45) is 3.79. The van der Waals surface area contributed by atoms with Crippen LogP contribution in [-0.2, 0) is 5.41 Å². The lowest BCUT2D eigenvalue weighted by molar-refractivity contribution is 0.483. The van der Waals surface area contributed by atoms with E-state index in [0.717, 1.165) is 56.6 Å². The van der Waals surface area contributed by atoms with E-state index in [1.165, 1.54) is 31.1 Å². The third-order valence-corrected chi connectivity index (χ3v) is 11.3. The Bertz CT molecular complexity index is 2830. The Morgan fingerprint density at radius 3 is 2.25 bits per heavy atom. The lowest BCUT2D eigenvalue weighted by Gasteiger charge is -2.22. The van der Waals surface area contributed by atoms with E-state index < -0.39 is 0 Å². The van der Waals surface area contributed by atoms with Crippen LogP contribution in [0.2, 0.25) is 0 Å². The van der Waals surface area contributed by atoms with Crippen molar-refractivity contribution in [3.8, 4) is 17.3 Å². The summed E-state index contributed by atoms with van der Waals surface area (Å²) < 4.78 is 11.5. The van der Waals surface area contributed by atoms with E-state index >= 15 is 0 Å². The first kappa shape index (κ1) is 30.6. The molecule has 9 aromatic rings. The van der Waals surface area contributed by atoms with E-state index in [0.29, 0.717) is 6.67 Å². The topological polar surface area (TPSA) is 46.4 Å². The second-order valence-corrected chi connectivity index (χ2v) is 15.5. The highest BCUT2D eigenvalue weighted by atomic mass is 32.1. The van der Waals surface area contributed by atoms with Crippen molar-refractivity contribution < 1.29 is 4.74 Å². The lowest BCUT2D eigenvalue weighted by Crippen LogP contribution is -2.24. The number of para-hydroxylation sites is 1. The van der Waals surface area contributed by atoms with Gasteiger partial charge in [-0.3, -0.25) is 4.57 Å². The molecule has 0 radical (unpaired) electrons. The van der Waals surface area contributed by atoms with Gasteiger partial charge in [-0.05, 0) is 83.8 Å². The molecule has 6 nitrogen and oxygen atoms in total. The SMILES string of the molecule is CC(C)(C)c1ccnc(-n2c3ccccc3c3ccc(Oc4cccc(N5CN(c6ccc7c(c6)sc6ccccc67)c6ncccc65)c4)cc32)c1. The second kappa shape index (κ2) is 11.7. The van der Waals surface area contributed by atoms with Gasteiger partial charge in [0.25, 0.3) is 0 Å². The van der Waals surface area contributed by atoms with Gasteiger partial charge in [0.1, 0.15) is 24.0 Å². The van der Waals surface area contributed by atoms with Crippen molar-refractivity contribution in [2.24, 2.45) is 0 Å². The number of thiophene rings is 1. The normalized spacial score (nSPS) is 13.1. The highest BCUT2D eigenvalue weighted by Crippen LogP contribution is 2.45. The van der Waals surface area contributed by atoms with Gasteiger partial charge in [0.15, 0.2) is 5.82 Å². The summed E-state index contributed by atoms with van der Waals surface area (Å²) in [4.78, 5) is 14.3. The molecular formula is C45H35N5OS. The van der Waals surface area contributed by atoms with Gasteiger partial charge in [-0.25, -0.2) is 9.97 Å². The van der Waals surface area contributed by atoms with Crippen molar-refractivity contribution in [3.63, 3.8) is 0 Å². The first-order valence-electron chi connectivity index (χ1n) is 17.6. The standard InChI is InChI=1S/C45H35N5OS/c1-45(2,3)29-21-23-46-43(24-29)50-38-14-6-4-12-34(38)35-20-18-33(27-40(35)50)51-32-11-8-10-30(25-32)48-28-49(44-39(48)15-9-22-47-44)31-17-19-37-36-13-5-7-16-41(36)52-42(37)26-31/h4-27H,28H2,1-3H3. The smallest absolute Gasteiger partial charge is 0.158 e. The predicted octanol–water partition coefficient (Wildman–Crippen LogP) is 12.3. The van der Waals surface area contributed by atoms with E-state index in [1.807, 2.05) is 35.9 Å². The molecule has 1 aliphatic heterocycles. The summed E-state index contributed by atoms with van der Waals surface area (Å²) in [5, 5.41) is 4.94. The molecule has 252 valence electrons. The maximum atomic E-state index is 6.64. The maximum Gasteiger partial charge on any atom is 0.158 e. The van der Waals surface area contributed by atoms with Crippen LogP contribution in [-0.4, -0.2) is 21.2 Å². The number of pyridine rings is 2. The van der Waals surface area contributed by atoms with Crippen LogP contribution in [0.1, 0.15) is 26.3 Å². The number of nitrogens with zero attached hydrogens (tertiary/aromatic N) is 5. The van der Waals surface area contributed by atoms with Crippen LogP contribution in [0, 0.1) is 0 Å². The molecule has 0 N–H and O–H groups in total. The molecule has 5 heterocycles. The fourth-order valence-corrected chi connectivity index (χ4v) is 8.66. The fraction of sp³-hybridized carbons (Fsp3) is 0.111. The number of rotatable bonds is 5. The largest absolute Gasteiger partial charge is 0.457 e. The summed E-state index contributed by atoms with van der Waals surface area (Å²) in [5.74, 6) is 3.37. The third kappa shape index (κ3) is 5.00. The zero-order valence-electron chi connectivity index (χ0n) is 29.1. The van der Waals surface area contributed by atoms with E-state index in [2.05, 4.69) is 156 Å². The van der Waals surface area contributed by atoms with Gasteiger partial charge in [0.05, 0.1) is 16.7 Å². The molecule has 1 aliphatic rings. The number of hydrogen-bond acceptors (Lipinski definition) is 6. The first-order valence-corrected chi connectivity index (χ1v) is 18.4. The molecule has 0 aliphatic carbocycles. The summed E-state index contributed by atoms with van der Waals surface area (Å²) >= 11 is 1.84. The minimum absolute atomic E-state index is 0.00543. The zero-order valence-corrected chi connectivity index (χ0v) is 29.9. The molecule has 52 heavy (non-hydrogen) atoms. The average molecular weight is 694 g/mol. The van der Waals surface area contributed by atoms with Gasteiger partial charge in [0.2, 0.25) is 0 Å². The van der Waals surface area contributed by atoms with E-state index in [4.69, 9.17) is 14.7 Å². The molecule has 0 saturated carbocycles. The Hall–Kier alpha value is -6.18. The fourth-order valence-electron chi connectivity index (χ4n) is 7.52. The number of benzene rings is 5. The van der Waals surface area contributed by atoms with Crippen molar-refractivity contribution in [1.82, 2.24) is 14.5 Å². The van der Waals surface area contributed by atoms with E-state index in [-0.39, 0.29) is 5.41 Å². The first-order chi connectivity index (χ1) is 25.4. The molecule has 0 amide bonds. The molecule has 7 heteroatoms. The third-order valence-electron chi connectivity index (χ3n) is 10.1. The minimum atomic E-state index is 0.00543. The summed E-state index contributed by atoms with van der Waals surface area (Å²) in [5.41, 5.74) is 6.64. The van der Waals surface area contributed by atoms with Crippen LogP contribution in [0.25, 0.3) is 47.8 Å². The summed E-state index contributed by atoms with van der Waals surface area (Å²) in [6.45, 7) is 7.34. The van der Waals surface area contributed by atoms with Crippen molar-refractivity contribution in [3.05, 3.63) is 151 Å². The Balaban J connectivity index is 0.997. The molecule has 0 bridgehead atoms. The highest BCUT2D eigenvalue weighted by Gasteiger charge is 2.30. The summed E-state index contributed by atoms with van der Waals surface area (Å²) in [7, 11) is 0. The predicted molar refractivity (Wildman–Crippen MR) is 217 cm³/mol. The Morgan fingerprint density at radius 1 is 0.577 bits per heavy atom. The van der Waals surface area contributed by atoms with Crippen LogP contribution in [0.4, 0.5) is 22.9 Å². The quantitative estimate of drug-likeness (QED) is 0.180. The Morgan fingerprint density at radius 2 is 1.35 bits per heavy atom. The van der Waals surface area contributed by atoms with Crippen LogP contribution < -0.4 is 14.5 Å². The molecule has 0 fully saturated rings. The van der Waals surface area contributed by atoms with Gasteiger partial charge >= 0.3 is 0 Å². The van der Waals surface area contributed by atoms with Crippen LogP contribution in [0.5, 0.6) is 11.5 Å². The van der Waals surface area contributed by atoms with E-state index in [9.17, 15) is 0 Å². The van der Waals surface area contributed by atoms with Gasteiger partial charge in [-0.1, -0.05) is 69.3 Å². The molecule has 0 unspecified atom stereocenters. The van der Waals surface area contributed by atoms with Crippen molar-refractivity contribution >= 4 is 76.2 Å². The lowest BCUT2D eigenvalue weighted by atomic mass is 9.88. The Labute approximate surface area is 305 Å². The molecule has 10 rings (SSSR count). The number of aromatic nitrogens is 3. The molecule has 4 aromatic heterocycles.